The summed E-state index contributed by atoms with van der Waals surface area (Å²) in [5, 5.41) is 9.79. The van der Waals surface area contributed by atoms with Crippen molar-refractivity contribution in [2.75, 3.05) is 6.26 Å². The van der Waals surface area contributed by atoms with E-state index in [4.69, 9.17) is 0 Å². The maximum absolute atomic E-state index is 4.36. The topological polar surface area (TPSA) is 30.7 Å². The van der Waals surface area contributed by atoms with Crippen LogP contribution in [0.1, 0.15) is 11.1 Å². The van der Waals surface area contributed by atoms with Crippen LogP contribution in [0.15, 0.2) is 59.6 Å². The molecular formula is C17H17N3S. The zero-order valence-corrected chi connectivity index (χ0v) is 13.0. The lowest BCUT2D eigenvalue weighted by Crippen LogP contribution is -2.03. The zero-order valence-electron chi connectivity index (χ0n) is 12.2. The summed E-state index contributed by atoms with van der Waals surface area (Å²) in [5.41, 5.74) is 4.57. The lowest BCUT2D eigenvalue weighted by Gasteiger charge is -2.06. The molecule has 0 aliphatic carbocycles. The molecular weight excluding hydrogens is 278 g/mol. The van der Waals surface area contributed by atoms with Gasteiger partial charge in [-0.1, -0.05) is 65.4 Å². The van der Waals surface area contributed by atoms with Gasteiger partial charge in [0.1, 0.15) is 10.7 Å². The second-order valence-electron chi connectivity index (χ2n) is 4.96. The number of nitrogens with zero attached hydrogens (tertiary/aromatic N) is 3. The quantitative estimate of drug-likeness (QED) is 0.681. The van der Waals surface area contributed by atoms with E-state index in [9.17, 15) is 0 Å². The first-order valence-electron chi connectivity index (χ1n) is 6.86. The van der Waals surface area contributed by atoms with Gasteiger partial charge in [-0.25, -0.2) is 4.68 Å². The Morgan fingerprint density at radius 3 is 2.38 bits per heavy atom. The number of aromatic nitrogens is 3. The fourth-order valence-corrected chi connectivity index (χ4v) is 2.92. The van der Waals surface area contributed by atoms with Crippen LogP contribution in [0.3, 0.4) is 0 Å². The number of hydrogen-bond donors (Lipinski definition) is 0. The Balaban J connectivity index is 1.93. The van der Waals surface area contributed by atoms with Crippen LogP contribution in [0.5, 0.6) is 0 Å². The van der Waals surface area contributed by atoms with Crippen LogP contribution < -0.4 is 0 Å². The highest BCUT2D eigenvalue weighted by atomic mass is 32.2. The molecule has 3 aromatic rings. The number of benzene rings is 2. The molecule has 0 radical (unpaired) electrons. The van der Waals surface area contributed by atoms with Crippen LogP contribution in [-0.2, 0) is 6.54 Å². The Labute approximate surface area is 129 Å². The van der Waals surface area contributed by atoms with Crippen LogP contribution in [0.25, 0.3) is 11.3 Å². The highest BCUT2D eigenvalue weighted by Gasteiger charge is 2.13. The minimum Gasteiger partial charge on any atom is -0.234 e. The van der Waals surface area contributed by atoms with Gasteiger partial charge in [0.15, 0.2) is 0 Å². The lowest BCUT2D eigenvalue weighted by molar-refractivity contribution is 0.604. The molecule has 0 atom stereocenters. The Kier molecular flexibility index (Phi) is 4.06. The van der Waals surface area contributed by atoms with E-state index in [0.717, 1.165) is 22.8 Å². The second-order valence-corrected chi connectivity index (χ2v) is 5.75. The molecule has 0 saturated carbocycles. The molecule has 0 amide bonds. The summed E-state index contributed by atoms with van der Waals surface area (Å²) in [5.74, 6) is 0. The predicted octanol–water partition coefficient (Wildman–Crippen LogP) is 4.02. The van der Waals surface area contributed by atoms with E-state index in [1.54, 1.807) is 11.8 Å². The molecule has 0 fully saturated rings. The molecule has 106 valence electrons. The van der Waals surface area contributed by atoms with Crippen molar-refractivity contribution < 1.29 is 0 Å². The maximum Gasteiger partial charge on any atom is 0.126 e. The minimum atomic E-state index is 0.746. The molecule has 2 aromatic carbocycles. The van der Waals surface area contributed by atoms with E-state index >= 15 is 0 Å². The Bertz CT molecular complexity index is 718. The van der Waals surface area contributed by atoms with Crippen molar-refractivity contribution in [2.24, 2.45) is 0 Å². The first-order chi connectivity index (χ1) is 10.3. The Morgan fingerprint density at radius 2 is 1.71 bits per heavy atom. The molecule has 0 aliphatic rings. The third-order valence-corrected chi connectivity index (χ3v) is 4.17. The summed E-state index contributed by atoms with van der Waals surface area (Å²) in [7, 11) is 0. The summed E-state index contributed by atoms with van der Waals surface area (Å²) >= 11 is 1.68. The van der Waals surface area contributed by atoms with Crippen molar-refractivity contribution in [3.63, 3.8) is 0 Å². The van der Waals surface area contributed by atoms with E-state index < -0.39 is 0 Å². The minimum absolute atomic E-state index is 0.746. The van der Waals surface area contributed by atoms with E-state index in [-0.39, 0.29) is 0 Å². The number of thioether (sulfide) groups is 1. The van der Waals surface area contributed by atoms with Crippen molar-refractivity contribution in [3.05, 3.63) is 65.7 Å². The fourth-order valence-electron chi connectivity index (χ4n) is 2.25. The average Bonchev–Trinajstić information content (AvgIpc) is 2.93. The normalized spacial score (nSPS) is 10.8. The van der Waals surface area contributed by atoms with Gasteiger partial charge in [0.2, 0.25) is 0 Å². The van der Waals surface area contributed by atoms with Crippen LogP contribution in [0, 0.1) is 6.92 Å². The first kappa shape index (κ1) is 13.9. The van der Waals surface area contributed by atoms with Gasteiger partial charge < -0.3 is 0 Å². The van der Waals surface area contributed by atoms with Crippen molar-refractivity contribution in [1.82, 2.24) is 15.0 Å². The molecule has 3 nitrogen and oxygen atoms in total. The van der Waals surface area contributed by atoms with Crippen LogP contribution in [-0.4, -0.2) is 21.2 Å². The van der Waals surface area contributed by atoms with E-state index in [1.165, 1.54) is 11.1 Å². The van der Waals surface area contributed by atoms with Crippen molar-refractivity contribution in [1.29, 1.82) is 0 Å². The summed E-state index contributed by atoms with van der Waals surface area (Å²) in [6.07, 6.45) is 2.07. The maximum atomic E-state index is 4.36. The average molecular weight is 295 g/mol. The standard InChI is InChI=1S/C17H17N3S/c1-13-8-10-14(11-9-13)12-20-17(21-2)16(18-19-20)15-6-4-3-5-7-15/h3-11H,12H2,1-2H3. The Morgan fingerprint density at radius 1 is 1.00 bits per heavy atom. The fraction of sp³-hybridized carbons (Fsp3) is 0.176. The van der Waals surface area contributed by atoms with Crippen LogP contribution in [0.4, 0.5) is 0 Å². The highest BCUT2D eigenvalue weighted by Crippen LogP contribution is 2.28. The van der Waals surface area contributed by atoms with Crippen molar-refractivity contribution >= 4 is 11.8 Å². The molecule has 0 unspecified atom stereocenters. The largest absolute Gasteiger partial charge is 0.234 e. The number of aryl methyl sites for hydroxylation is 1. The molecule has 0 spiro atoms. The molecule has 0 bridgehead atoms. The smallest absolute Gasteiger partial charge is 0.126 e. The second kappa shape index (κ2) is 6.14. The van der Waals surface area contributed by atoms with E-state index in [0.29, 0.717) is 0 Å². The van der Waals surface area contributed by atoms with Crippen LogP contribution >= 0.6 is 11.8 Å². The predicted molar refractivity (Wildman–Crippen MR) is 87.5 cm³/mol. The van der Waals surface area contributed by atoms with Gasteiger partial charge in [-0.15, -0.1) is 16.9 Å². The third kappa shape index (κ3) is 3.00. The number of hydrogen-bond acceptors (Lipinski definition) is 3. The molecule has 21 heavy (non-hydrogen) atoms. The van der Waals surface area contributed by atoms with Gasteiger partial charge in [-0.05, 0) is 18.7 Å². The summed E-state index contributed by atoms with van der Waals surface area (Å²) in [6, 6.07) is 18.7. The first-order valence-corrected chi connectivity index (χ1v) is 8.09. The third-order valence-electron chi connectivity index (χ3n) is 3.38. The summed E-state index contributed by atoms with van der Waals surface area (Å²) < 4.78 is 1.97. The van der Waals surface area contributed by atoms with Gasteiger partial charge in [-0.3, -0.25) is 0 Å². The SMILES string of the molecule is CSc1c(-c2ccccc2)nnn1Cc1ccc(C)cc1. The molecule has 4 heteroatoms. The Hall–Kier alpha value is -2.07. The van der Waals surface area contributed by atoms with E-state index in [2.05, 4.69) is 59.9 Å². The van der Waals surface area contributed by atoms with Gasteiger partial charge in [-0.2, -0.15) is 0 Å². The van der Waals surface area contributed by atoms with Crippen molar-refractivity contribution in [2.45, 2.75) is 18.5 Å². The molecule has 0 N–H and O–H groups in total. The lowest BCUT2D eigenvalue weighted by atomic mass is 10.1. The van der Waals surface area contributed by atoms with Crippen molar-refractivity contribution in [3.8, 4) is 11.3 Å². The van der Waals surface area contributed by atoms with Crippen LogP contribution in [0.2, 0.25) is 0 Å². The van der Waals surface area contributed by atoms with Gasteiger partial charge in [0.05, 0.1) is 6.54 Å². The monoisotopic (exact) mass is 295 g/mol. The van der Waals surface area contributed by atoms with E-state index in [1.807, 2.05) is 22.9 Å². The van der Waals surface area contributed by atoms with Gasteiger partial charge in [0.25, 0.3) is 0 Å². The molecule has 1 aromatic heterocycles. The van der Waals surface area contributed by atoms with Gasteiger partial charge in [0, 0.05) is 5.56 Å². The van der Waals surface area contributed by atoms with Gasteiger partial charge >= 0.3 is 0 Å². The summed E-state index contributed by atoms with van der Waals surface area (Å²) in [4.78, 5) is 0. The molecule has 0 aliphatic heterocycles. The molecule has 1 heterocycles. The highest BCUT2D eigenvalue weighted by molar-refractivity contribution is 7.98. The zero-order chi connectivity index (χ0) is 14.7. The molecule has 3 rings (SSSR count). The molecule has 0 saturated heterocycles. The summed E-state index contributed by atoms with van der Waals surface area (Å²) in [6.45, 7) is 2.84. The number of rotatable bonds is 4.